The van der Waals surface area contributed by atoms with Crippen molar-refractivity contribution in [3.63, 3.8) is 0 Å². The third-order valence-corrected chi connectivity index (χ3v) is 9.01. The highest BCUT2D eigenvalue weighted by atomic mass is 16.8. The van der Waals surface area contributed by atoms with Crippen LogP contribution in [-0.4, -0.2) is 72.0 Å². The molecule has 0 aromatic heterocycles. The molecule has 3 rings (SSSR count). The molecular weight excluding hydrogens is 743 g/mol. The van der Waals surface area contributed by atoms with Gasteiger partial charge in [0.1, 0.15) is 17.6 Å². The molecule has 3 aromatic rings. The maximum absolute atomic E-state index is 13.8. The Bertz CT molecular complexity index is 1790. The van der Waals surface area contributed by atoms with E-state index in [1.165, 1.54) is 7.05 Å². The van der Waals surface area contributed by atoms with Crippen LogP contribution in [0.15, 0.2) is 72.8 Å². The summed E-state index contributed by atoms with van der Waals surface area (Å²) in [6.45, 7) is 15.4. The van der Waals surface area contributed by atoms with Gasteiger partial charge in [-0.05, 0) is 112 Å². The first-order valence-corrected chi connectivity index (χ1v) is 19.9. The van der Waals surface area contributed by atoms with Gasteiger partial charge in [0.25, 0.3) is 5.91 Å². The molecule has 0 saturated carbocycles. The zero-order chi connectivity index (χ0) is 42.9. The molecule has 13 heteroatoms. The van der Waals surface area contributed by atoms with Crippen LogP contribution in [0.3, 0.4) is 0 Å². The lowest BCUT2D eigenvalue weighted by Crippen LogP contribution is -2.52. The maximum atomic E-state index is 13.8. The lowest BCUT2D eigenvalue weighted by atomic mass is 9.87. The summed E-state index contributed by atoms with van der Waals surface area (Å²) in [6, 6.07) is 21.7. The molecule has 0 saturated heterocycles. The topological polar surface area (TPSA) is 150 Å². The Hall–Kier alpha value is -5.59. The molecule has 3 amide bonds. The normalized spacial score (nSPS) is 11.8. The number of nitrogens with one attached hydrogen (secondary N) is 1. The number of hydrogen-bond donors (Lipinski definition) is 1. The first-order chi connectivity index (χ1) is 27.4. The van der Waals surface area contributed by atoms with Gasteiger partial charge in [-0.2, -0.15) is 5.01 Å². The van der Waals surface area contributed by atoms with Gasteiger partial charge in [0, 0.05) is 19.9 Å². The van der Waals surface area contributed by atoms with E-state index in [9.17, 15) is 24.0 Å². The SMILES string of the molecule is CCOC(=O)CC(C)Oc1ccc(CCCC(=O)N(OC(=O)CCCc2ccc(OC(C)(C)C(=O)OCC)cc2)N(Cc2ccc(C(C)(C)C)cc2)C(=O)NC)cc1. The third-order valence-electron chi connectivity index (χ3n) is 9.01. The zero-order valence-electron chi connectivity index (χ0n) is 35.6. The number of nitrogens with zero attached hydrogens (tertiary/aromatic N) is 2. The summed E-state index contributed by atoms with van der Waals surface area (Å²) in [6.07, 6.45) is 1.61. The van der Waals surface area contributed by atoms with Gasteiger partial charge < -0.3 is 29.1 Å². The van der Waals surface area contributed by atoms with E-state index in [0.717, 1.165) is 32.4 Å². The molecule has 0 radical (unpaired) electrons. The minimum absolute atomic E-state index is 0.0139. The number of urea groups is 1. The fourth-order valence-corrected chi connectivity index (χ4v) is 5.81. The number of aryl methyl sites for hydroxylation is 2. The fraction of sp³-hybridized carbons (Fsp3) is 0.489. The van der Waals surface area contributed by atoms with E-state index < -0.39 is 29.5 Å². The van der Waals surface area contributed by atoms with Gasteiger partial charge in [0.15, 0.2) is 5.60 Å². The Morgan fingerprint density at radius 1 is 0.690 bits per heavy atom. The van der Waals surface area contributed by atoms with Crippen molar-refractivity contribution < 1.29 is 47.8 Å². The van der Waals surface area contributed by atoms with Crippen molar-refractivity contribution in [2.45, 2.75) is 124 Å². The van der Waals surface area contributed by atoms with Crippen molar-refractivity contribution in [1.29, 1.82) is 0 Å². The molecule has 1 atom stereocenters. The van der Waals surface area contributed by atoms with E-state index >= 15 is 0 Å². The molecule has 0 aliphatic heterocycles. The highest BCUT2D eigenvalue weighted by Gasteiger charge is 2.32. The summed E-state index contributed by atoms with van der Waals surface area (Å²) in [5.41, 5.74) is 2.49. The predicted octanol–water partition coefficient (Wildman–Crippen LogP) is 7.81. The fourth-order valence-electron chi connectivity index (χ4n) is 5.81. The molecule has 13 nitrogen and oxygen atoms in total. The van der Waals surface area contributed by atoms with Gasteiger partial charge in [0.05, 0.1) is 26.2 Å². The summed E-state index contributed by atoms with van der Waals surface area (Å²) in [5.74, 6) is -0.910. The largest absolute Gasteiger partial charge is 0.490 e. The van der Waals surface area contributed by atoms with Crippen LogP contribution in [0.2, 0.25) is 0 Å². The molecular formula is C45H61N3O10. The van der Waals surface area contributed by atoms with Crippen molar-refractivity contribution in [3.8, 4) is 11.5 Å². The highest BCUT2D eigenvalue weighted by molar-refractivity contribution is 5.82. The van der Waals surface area contributed by atoms with Gasteiger partial charge >= 0.3 is 23.9 Å². The van der Waals surface area contributed by atoms with Crippen LogP contribution in [0.4, 0.5) is 4.79 Å². The molecule has 1 N–H and O–H groups in total. The molecule has 3 aromatic carbocycles. The second kappa shape index (κ2) is 22.4. The zero-order valence-corrected chi connectivity index (χ0v) is 35.6. The lowest BCUT2D eigenvalue weighted by molar-refractivity contribution is -0.246. The van der Waals surface area contributed by atoms with Crippen molar-refractivity contribution >= 4 is 29.8 Å². The molecule has 316 valence electrons. The standard InChI is InChI=1S/C45H61N3O10/c1-10-54-41(51)30-32(3)56-37-26-20-33(21-27-37)14-12-16-39(49)48(47(43(53)46-9)31-35-18-24-36(25-19-35)44(4,5)6)58-40(50)17-13-15-34-22-28-38(29-23-34)57-45(7,8)42(52)55-11-2/h18-29,32H,10-17,30-31H2,1-9H3,(H,46,53). The average molecular weight is 804 g/mol. The second-order valence-electron chi connectivity index (χ2n) is 15.5. The van der Waals surface area contributed by atoms with E-state index in [1.807, 2.05) is 48.5 Å². The number of hydrazine groups is 1. The maximum Gasteiger partial charge on any atom is 0.349 e. The molecule has 0 aliphatic rings. The Morgan fingerprint density at radius 2 is 1.22 bits per heavy atom. The first-order valence-electron chi connectivity index (χ1n) is 19.9. The lowest BCUT2D eigenvalue weighted by Gasteiger charge is -2.32. The number of benzene rings is 3. The van der Waals surface area contributed by atoms with Crippen molar-refractivity contribution in [1.82, 2.24) is 15.5 Å². The van der Waals surface area contributed by atoms with Crippen LogP contribution in [0, 0.1) is 0 Å². The van der Waals surface area contributed by atoms with Gasteiger partial charge in [0.2, 0.25) is 0 Å². The molecule has 58 heavy (non-hydrogen) atoms. The van der Waals surface area contributed by atoms with E-state index in [0.29, 0.717) is 43.8 Å². The molecule has 0 spiro atoms. The highest BCUT2D eigenvalue weighted by Crippen LogP contribution is 2.24. The van der Waals surface area contributed by atoms with E-state index in [1.54, 1.807) is 58.9 Å². The quantitative estimate of drug-likeness (QED) is 0.0939. The van der Waals surface area contributed by atoms with E-state index in [4.69, 9.17) is 23.8 Å². The Labute approximate surface area is 343 Å². The van der Waals surface area contributed by atoms with Crippen LogP contribution in [-0.2, 0) is 58.3 Å². The van der Waals surface area contributed by atoms with Gasteiger partial charge in [-0.25, -0.2) is 14.4 Å². The third kappa shape index (κ3) is 15.4. The van der Waals surface area contributed by atoms with Crippen LogP contribution in [0.5, 0.6) is 11.5 Å². The van der Waals surface area contributed by atoms with E-state index in [-0.39, 0.29) is 49.9 Å². The van der Waals surface area contributed by atoms with E-state index in [2.05, 4.69) is 26.1 Å². The van der Waals surface area contributed by atoms with Crippen molar-refractivity contribution in [2.24, 2.45) is 0 Å². The monoisotopic (exact) mass is 803 g/mol. The van der Waals surface area contributed by atoms with Crippen LogP contribution < -0.4 is 14.8 Å². The number of carbonyl (C=O) groups excluding carboxylic acids is 5. The Morgan fingerprint density at radius 3 is 1.76 bits per heavy atom. The summed E-state index contributed by atoms with van der Waals surface area (Å²) in [7, 11) is 1.45. The summed E-state index contributed by atoms with van der Waals surface area (Å²) in [5, 5.41) is 4.46. The van der Waals surface area contributed by atoms with Crippen molar-refractivity contribution in [3.05, 3.63) is 95.1 Å². The summed E-state index contributed by atoms with van der Waals surface area (Å²) < 4.78 is 21.8. The van der Waals surface area contributed by atoms with Crippen LogP contribution >= 0.6 is 0 Å². The molecule has 0 fully saturated rings. The van der Waals surface area contributed by atoms with Crippen LogP contribution in [0.25, 0.3) is 0 Å². The number of ether oxygens (including phenoxy) is 4. The molecule has 1 unspecified atom stereocenters. The number of hydroxylamine groups is 1. The number of amides is 3. The average Bonchev–Trinajstić information content (AvgIpc) is 3.17. The minimum Gasteiger partial charge on any atom is -0.490 e. The summed E-state index contributed by atoms with van der Waals surface area (Å²) >= 11 is 0. The first kappa shape index (κ1) is 46.8. The molecule has 0 aliphatic carbocycles. The Kier molecular flexibility index (Phi) is 18.1. The Balaban J connectivity index is 1.69. The van der Waals surface area contributed by atoms with Gasteiger partial charge in [-0.1, -0.05) is 74.5 Å². The van der Waals surface area contributed by atoms with Crippen LogP contribution in [0.1, 0.15) is 110 Å². The number of hydrogen-bond acceptors (Lipinski definition) is 10. The predicted molar refractivity (Wildman–Crippen MR) is 220 cm³/mol. The van der Waals surface area contributed by atoms with Crippen molar-refractivity contribution in [2.75, 3.05) is 20.3 Å². The van der Waals surface area contributed by atoms with Gasteiger partial charge in [-0.15, -0.1) is 0 Å². The number of carbonyl (C=O) groups is 5. The van der Waals surface area contributed by atoms with Gasteiger partial charge in [-0.3, -0.25) is 9.59 Å². The smallest absolute Gasteiger partial charge is 0.349 e. The number of esters is 2. The summed E-state index contributed by atoms with van der Waals surface area (Å²) in [4.78, 5) is 70.2. The molecule has 0 bridgehead atoms. The second-order valence-corrected chi connectivity index (χ2v) is 15.5. The molecule has 0 heterocycles. The number of rotatable bonds is 19. The minimum atomic E-state index is -1.16.